The van der Waals surface area contributed by atoms with E-state index in [1.54, 1.807) is 6.07 Å². The van der Waals surface area contributed by atoms with Gasteiger partial charge in [0, 0.05) is 16.1 Å². The Hall–Kier alpha value is -1.82. The summed E-state index contributed by atoms with van der Waals surface area (Å²) in [4.78, 5) is 22.9. The Balaban J connectivity index is 3.10. The molecule has 0 bridgehead atoms. The number of methoxy groups -OCH3 is 3. The first kappa shape index (κ1) is 15.2. The van der Waals surface area contributed by atoms with Crippen LogP contribution in [0.2, 0.25) is 0 Å². The van der Waals surface area contributed by atoms with Crippen LogP contribution in [-0.4, -0.2) is 33.1 Å². The molecule has 1 aromatic rings. The van der Waals surface area contributed by atoms with E-state index in [0.29, 0.717) is 21.5 Å². The first-order valence-corrected chi connectivity index (χ1v) is 6.04. The summed E-state index contributed by atoms with van der Waals surface area (Å²) in [6.45, 7) is 0. The molecule has 5 nitrogen and oxygen atoms in total. The van der Waals surface area contributed by atoms with Crippen molar-refractivity contribution in [2.45, 2.75) is 0 Å². The Labute approximate surface area is 119 Å². The second kappa shape index (κ2) is 6.94. The molecule has 0 saturated heterocycles. The number of benzene rings is 1. The highest BCUT2D eigenvalue weighted by Crippen LogP contribution is 2.33. The minimum atomic E-state index is -0.593. The number of hydrogen-bond acceptors (Lipinski definition) is 5. The van der Waals surface area contributed by atoms with Crippen molar-refractivity contribution >= 4 is 27.7 Å². The third-order valence-corrected chi connectivity index (χ3v) is 2.97. The molecule has 0 fully saturated rings. The van der Waals surface area contributed by atoms with Gasteiger partial charge in [0.15, 0.2) is 17.3 Å². The average Bonchev–Trinajstić information content (AvgIpc) is 2.43. The van der Waals surface area contributed by atoms with Crippen LogP contribution in [0.5, 0.6) is 11.5 Å². The summed E-state index contributed by atoms with van der Waals surface area (Å²) in [5.74, 6) is -0.00781. The molecule has 0 atom stereocenters. The van der Waals surface area contributed by atoms with E-state index in [-0.39, 0.29) is 5.78 Å². The molecule has 6 heteroatoms. The topological polar surface area (TPSA) is 61.8 Å². The zero-order valence-electron chi connectivity index (χ0n) is 10.7. The highest BCUT2D eigenvalue weighted by atomic mass is 79.9. The third-order valence-electron chi connectivity index (χ3n) is 2.31. The van der Waals surface area contributed by atoms with Gasteiger partial charge < -0.3 is 14.2 Å². The quantitative estimate of drug-likeness (QED) is 0.471. The second-order valence-electron chi connectivity index (χ2n) is 3.41. The van der Waals surface area contributed by atoms with Gasteiger partial charge in [0.2, 0.25) is 0 Å². The molecule has 0 aliphatic heterocycles. The summed E-state index contributed by atoms with van der Waals surface area (Å²) in [5, 5.41) is 0. The van der Waals surface area contributed by atoms with Crippen LogP contribution in [0.15, 0.2) is 28.8 Å². The van der Waals surface area contributed by atoms with Crippen LogP contribution in [0.1, 0.15) is 10.4 Å². The normalized spacial score (nSPS) is 10.3. The molecule has 0 aliphatic carbocycles. The highest BCUT2D eigenvalue weighted by molar-refractivity contribution is 9.10. The van der Waals surface area contributed by atoms with Crippen LogP contribution in [0, 0.1) is 0 Å². The van der Waals surface area contributed by atoms with Gasteiger partial charge in [0.1, 0.15) is 0 Å². The maximum atomic E-state index is 11.9. The lowest BCUT2D eigenvalue weighted by atomic mass is 10.1. The van der Waals surface area contributed by atoms with Gasteiger partial charge in [0.05, 0.1) is 21.3 Å². The standard InChI is InChI=1S/C13H13BrO5/c1-17-11-6-8(9(14)7-12(11)18-2)10(15)4-5-13(16)19-3/h4-7H,1-3H3/b5-4+. The van der Waals surface area contributed by atoms with E-state index < -0.39 is 5.97 Å². The fraction of sp³-hybridized carbons (Fsp3) is 0.231. The van der Waals surface area contributed by atoms with Gasteiger partial charge in [-0.05, 0) is 34.1 Å². The summed E-state index contributed by atoms with van der Waals surface area (Å²) < 4.78 is 15.2. The number of ketones is 1. The van der Waals surface area contributed by atoms with E-state index in [9.17, 15) is 9.59 Å². The van der Waals surface area contributed by atoms with E-state index in [4.69, 9.17) is 9.47 Å². The number of allylic oxidation sites excluding steroid dienone is 1. The molecule has 0 unspecified atom stereocenters. The predicted molar refractivity (Wildman–Crippen MR) is 72.7 cm³/mol. The van der Waals surface area contributed by atoms with Crippen LogP contribution in [0.4, 0.5) is 0 Å². The molecule has 0 N–H and O–H groups in total. The van der Waals surface area contributed by atoms with Crippen molar-refractivity contribution in [2.75, 3.05) is 21.3 Å². The third kappa shape index (κ3) is 3.82. The monoisotopic (exact) mass is 328 g/mol. The maximum absolute atomic E-state index is 11.9. The van der Waals surface area contributed by atoms with Crippen LogP contribution in [-0.2, 0) is 9.53 Å². The molecule has 1 rings (SSSR count). The SMILES string of the molecule is COC(=O)/C=C/C(=O)c1cc(OC)c(OC)cc1Br. The van der Waals surface area contributed by atoms with E-state index in [0.717, 1.165) is 12.2 Å². The Morgan fingerprint density at radius 1 is 1.05 bits per heavy atom. The Morgan fingerprint density at radius 3 is 2.16 bits per heavy atom. The molecule has 102 valence electrons. The smallest absolute Gasteiger partial charge is 0.330 e. The Kier molecular flexibility index (Phi) is 5.57. The van der Waals surface area contributed by atoms with Crippen molar-refractivity contribution in [3.8, 4) is 11.5 Å². The fourth-order valence-corrected chi connectivity index (χ4v) is 1.86. The van der Waals surface area contributed by atoms with Gasteiger partial charge in [-0.15, -0.1) is 0 Å². The van der Waals surface area contributed by atoms with Crippen LogP contribution >= 0.6 is 15.9 Å². The summed E-state index contributed by atoms with van der Waals surface area (Å²) >= 11 is 3.27. The molecular weight excluding hydrogens is 316 g/mol. The number of hydrogen-bond donors (Lipinski definition) is 0. The lowest BCUT2D eigenvalue weighted by Gasteiger charge is -2.10. The van der Waals surface area contributed by atoms with Crippen molar-refractivity contribution in [3.05, 3.63) is 34.3 Å². The number of carbonyl (C=O) groups is 2. The van der Waals surface area contributed by atoms with Crippen molar-refractivity contribution in [1.29, 1.82) is 0 Å². The second-order valence-corrected chi connectivity index (χ2v) is 4.26. The summed E-state index contributed by atoms with van der Waals surface area (Å²) in [6, 6.07) is 3.16. The predicted octanol–water partition coefficient (Wildman–Crippen LogP) is 2.38. The molecule has 0 radical (unpaired) electrons. The number of rotatable bonds is 5. The first-order chi connectivity index (χ1) is 9.03. The summed E-state index contributed by atoms with van der Waals surface area (Å²) in [5.41, 5.74) is 0.359. The number of halogens is 1. The lowest BCUT2D eigenvalue weighted by Crippen LogP contribution is -2.01. The van der Waals surface area contributed by atoms with E-state index >= 15 is 0 Å². The van der Waals surface area contributed by atoms with Crippen molar-refractivity contribution in [1.82, 2.24) is 0 Å². The molecule has 19 heavy (non-hydrogen) atoms. The van der Waals surface area contributed by atoms with E-state index in [1.165, 1.54) is 27.4 Å². The van der Waals surface area contributed by atoms with Crippen LogP contribution in [0.25, 0.3) is 0 Å². The molecule has 0 aromatic heterocycles. The van der Waals surface area contributed by atoms with Gasteiger partial charge in [-0.1, -0.05) is 0 Å². The van der Waals surface area contributed by atoms with Crippen molar-refractivity contribution in [3.63, 3.8) is 0 Å². The van der Waals surface area contributed by atoms with Gasteiger partial charge >= 0.3 is 5.97 Å². The molecule has 1 aromatic carbocycles. The molecule has 0 saturated carbocycles. The number of esters is 1. The number of carbonyl (C=O) groups excluding carboxylic acids is 2. The molecule has 0 heterocycles. The Morgan fingerprint density at radius 2 is 1.63 bits per heavy atom. The number of ether oxygens (including phenoxy) is 3. The fourth-order valence-electron chi connectivity index (χ4n) is 1.34. The van der Waals surface area contributed by atoms with Crippen LogP contribution < -0.4 is 9.47 Å². The molecule has 0 aliphatic rings. The molecular formula is C13H13BrO5. The average molecular weight is 329 g/mol. The minimum absolute atomic E-state index is 0.349. The zero-order chi connectivity index (χ0) is 14.4. The summed E-state index contributed by atoms with van der Waals surface area (Å²) in [6.07, 6.45) is 2.20. The van der Waals surface area contributed by atoms with E-state index in [2.05, 4.69) is 20.7 Å². The molecule has 0 spiro atoms. The first-order valence-electron chi connectivity index (χ1n) is 5.25. The van der Waals surface area contributed by atoms with Gasteiger partial charge in [-0.3, -0.25) is 4.79 Å². The summed E-state index contributed by atoms with van der Waals surface area (Å²) in [7, 11) is 4.22. The Bertz CT molecular complexity index is 522. The largest absolute Gasteiger partial charge is 0.493 e. The van der Waals surface area contributed by atoms with Crippen LogP contribution in [0.3, 0.4) is 0 Å². The van der Waals surface area contributed by atoms with Gasteiger partial charge in [-0.25, -0.2) is 4.79 Å². The zero-order valence-corrected chi connectivity index (χ0v) is 12.3. The van der Waals surface area contributed by atoms with Crippen molar-refractivity contribution in [2.24, 2.45) is 0 Å². The van der Waals surface area contributed by atoms with Gasteiger partial charge in [-0.2, -0.15) is 0 Å². The van der Waals surface area contributed by atoms with E-state index in [1.807, 2.05) is 0 Å². The molecule has 0 amide bonds. The van der Waals surface area contributed by atoms with Gasteiger partial charge in [0.25, 0.3) is 0 Å². The maximum Gasteiger partial charge on any atom is 0.330 e. The lowest BCUT2D eigenvalue weighted by molar-refractivity contribution is -0.134. The minimum Gasteiger partial charge on any atom is -0.493 e. The van der Waals surface area contributed by atoms with Crippen molar-refractivity contribution < 1.29 is 23.8 Å². The highest BCUT2D eigenvalue weighted by Gasteiger charge is 2.14.